The molecular weight excluding hydrogens is 570 g/mol. The van der Waals surface area contributed by atoms with E-state index in [-0.39, 0.29) is 24.8 Å². The Kier molecular flexibility index (Phi) is 25.2. The van der Waals surface area contributed by atoms with Crippen molar-refractivity contribution in [2.45, 2.75) is 154 Å². The summed E-state index contributed by atoms with van der Waals surface area (Å²) in [6.07, 6.45) is 20.3. The minimum absolute atomic E-state index is 0.0675. The van der Waals surface area contributed by atoms with Crippen LogP contribution < -0.4 is 16.0 Å². The number of nitrogens with one attached hydrogen (secondary N) is 3. The van der Waals surface area contributed by atoms with Gasteiger partial charge in [-0.3, -0.25) is 14.4 Å². The second-order valence-corrected chi connectivity index (χ2v) is 12.1. The lowest BCUT2D eigenvalue weighted by Gasteiger charge is -2.18. The van der Waals surface area contributed by atoms with Crippen LogP contribution in [0.25, 0.3) is 0 Å². The fraction of sp³-hybridized carbons (Fsp3) is 0.722. The summed E-state index contributed by atoms with van der Waals surface area (Å²) in [5.74, 6) is -1.05. The smallest absolute Gasteiger partial charge is 0.408 e. The van der Waals surface area contributed by atoms with E-state index in [2.05, 4.69) is 22.9 Å². The molecule has 45 heavy (non-hydrogen) atoms. The summed E-state index contributed by atoms with van der Waals surface area (Å²) < 4.78 is 5.30. The summed E-state index contributed by atoms with van der Waals surface area (Å²) >= 11 is 0. The number of benzene rings is 1. The monoisotopic (exact) mass is 631 g/mol. The molecule has 0 aromatic heterocycles. The normalized spacial score (nSPS) is 11.5. The highest BCUT2D eigenvalue weighted by molar-refractivity contribution is 5.85. The van der Waals surface area contributed by atoms with Gasteiger partial charge in [-0.2, -0.15) is 0 Å². The second-order valence-electron chi connectivity index (χ2n) is 12.1. The van der Waals surface area contributed by atoms with Crippen molar-refractivity contribution in [2.24, 2.45) is 0 Å². The number of carbonyl (C=O) groups excluding carboxylic acids is 3. The first kappa shape index (κ1) is 39.9. The van der Waals surface area contributed by atoms with Crippen molar-refractivity contribution in [1.82, 2.24) is 16.0 Å². The number of alkyl carbamates (subject to hydrolysis) is 1. The zero-order valence-electron chi connectivity index (χ0n) is 27.9. The fourth-order valence-electron chi connectivity index (χ4n) is 5.18. The van der Waals surface area contributed by atoms with Crippen LogP contribution in [-0.4, -0.2) is 48.1 Å². The van der Waals surface area contributed by atoms with Gasteiger partial charge in [-0.05, 0) is 44.1 Å². The minimum atomic E-state index is -0.826. The number of unbranched alkanes of at least 4 members (excludes halogenated alkanes) is 15. The Bertz CT molecular complexity index is 911. The summed E-state index contributed by atoms with van der Waals surface area (Å²) in [7, 11) is 0. The molecule has 0 aliphatic rings. The number of hydrogen-bond donors (Lipinski definition) is 4. The van der Waals surface area contributed by atoms with Crippen molar-refractivity contribution in [3.8, 4) is 0 Å². The van der Waals surface area contributed by atoms with Crippen molar-refractivity contribution >= 4 is 23.9 Å². The number of rotatable bonds is 29. The topological polar surface area (TPSA) is 134 Å². The van der Waals surface area contributed by atoms with E-state index in [1.165, 1.54) is 70.6 Å². The molecule has 0 fully saturated rings. The predicted molar refractivity (Wildman–Crippen MR) is 180 cm³/mol. The van der Waals surface area contributed by atoms with Gasteiger partial charge in [0.25, 0.3) is 0 Å². The Morgan fingerprint density at radius 1 is 0.667 bits per heavy atom. The van der Waals surface area contributed by atoms with E-state index in [1.54, 1.807) is 0 Å². The molecule has 0 radical (unpaired) electrons. The molecule has 1 aromatic rings. The van der Waals surface area contributed by atoms with Crippen molar-refractivity contribution in [3.63, 3.8) is 0 Å². The van der Waals surface area contributed by atoms with Gasteiger partial charge in [-0.1, -0.05) is 121 Å². The third-order valence-electron chi connectivity index (χ3n) is 7.94. The van der Waals surface area contributed by atoms with Crippen molar-refractivity contribution in [1.29, 1.82) is 0 Å². The summed E-state index contributed by atoms with van der Waals surface area (Å²) in [5.41, 5.74) is 0.851. The number of ether oxygens (including phenoxy) is 1. The van der Waals surface area contributed by atoms with Gasteiger partial charge in [-0.15, -0.1) is 0 Å². The van der Waals surface area contributed by atoms with Crippen LogP contribution in [0.2, 0.25) is 0 Å². The summed E-state index contributed by atoms with van der Waals surface area (Å²) in [4.78, 5) is 48.1. The standard InChI is InChI=1S/C36H61N3O6/c1-2-3-4-5-6-7-8-9-10-11-12-13-18-26-33(40)37-28-22-20-25-32(35(43)38-29-21-15-19-27-34(41)42)39-36(44)45-30-31-23-16-14-17-24-31/h14,16-17,23-24,32H,2-13,15,18-22,25-30H2,1H3,(H,37,40)(H,38,43)(H,39,44)(H,41,42). The van der Waals surface area contributed by atoms with Crippen LogP contribution in [0.15, 0.2) is 30.3 Å². The maximum atomic E-state index is 12.8. The first-order valence-corrected chi connectivity index (χ1v) is 17.7. The fourth-order valence-corrected chi connectivity index (χ4v) is 5.18. The van der Waals surface area contributed by atoms with E-state index in [0.29, 0.717) is 58.0 Å². The van der Waals surface area contributed by atoms with Gasteiger partial charge in [0.2, 0.25) is 11.8 Å². The molecular formula is C36H61N3O6. The highest BCUT2D eigenvalue weighted by Crippen LogP contribution is 2.13. The number of carboxylic acids is 1. The van der Waals surface area contributed by atoms with Crippen LogP contribution in [0.5, 0.6) is 0 Å². The average Bonchev–Trinajstić information content (AvgIpc) is 3.03. The van der Waals surface area contributed by atoms with Crippen LogP contribution >= 0.6 is 0 Å². The van der Waals surface area contributed by atoms with E-state index in [1.807, 2.05) is 30.3 Å². The van der Waals surface area contributed by atoms with Gasteiger partial charge < -0.3 is 25.8 Å². The van der Waals surface area contributed by atoms with E-state index >= 15 is 0 Å². The van der Waals surface area contributed by atoms with E-state index < -0.39 is 18.1 Å². The maximum absolute atomic E-state index is 12.8. The Morgan fingerprint density at radius 3 is 1.82 bits per heavy atom. The van der Waals surface area contributed by atoms with Gasteiger partial charge in [-0.25, -0.2) is 4.79 Å². The van der Waals surface area contributed by atoms with E-state index in [0.717, 1.165) is 18.4 Å². The van der Waals surface area contributed by atoms with Gasteiger partial charge in [0.1, 0.15) is 12.6 Å². The van der Waals surface area contributed by atoms with E-state index in [9.17, 15) is 19.2 Å². The molecule has 1 unspecified atom stereocenters. The SMILES string of the molecule is CCCCCCCCCCCCCCCC(=O)NCCCCC(NC(=O)OCc1ccccc1)C(=O)NCCCCCC(=O)O. The van der Waals surface area contributed by atoms with Crippen LogP contribution in [-0.2, 0) is 25.7 Å². The molecule has 0 heterocycles. The van der Waals surface area contributed by atoms with Crippen molar-refractivity contribution in [3.05, 3.63) is 35.9 Å². The van der Waals surface area contributed by atoms with Gasteiger partial charge in [0.15, 0.2) is 0 Å². The average molecular weight is 632 g/mol. The van der Waals surface area contributed by atoms with Gasteiger partial charge in [0.05, 0.1) is 0 Å². The highest BCUT2D eigenvalue weighted by atomic mass is 16.5. The molecule has 1 aromatic carbocycles. The van der Waals surface area contributed by atoms with Crippen LogP contribution in [0.1, 0.15) is 147 Å². The lowest BCUT2D eigenvalue weighted by Crippen LogP contribution is -2.47. The number of aliphatic carboxylic acids is 1. The molecule has 3 amide bonds. The quantitative estimate of drug-likeness (QED) is 0.0667. The Morgan fingerprint density at radius 2 is 1.20 bits per heavy atom. The van der Waals surface area contributed by atoms with Crippen molar-refractivity contribution < 1.29 is 29.0 Å². The zero-order valence-corrected chi connectivity index (χ0v) is 27.9. The summed E-state index contributed by atoms with van der Waals surface area (Å²) in [6.45, 7) is 3.31. The second kappa shape index (κ2) is 28.4. The van der Waals surface area contributed by atoms with Crippen LogP contribution in [0.3, 0.4) is 0 Å². The number of carbonyl (C=O) groups is 4. The Hall–Kier alpha value is -3.10. The first-order valence-electron chi connectivity index (χ1n) is 17.7. The Balaban J connectivity index is 2.21. The molecule has 0 aliphatic carbocycles. The predicted octanol–water partition coefficient (Wildman–Crippen LogP) is 7.81. The number of amides is 3. The minimum Gasteiger partial charge on any atom is -0.481 e. The van der Waals surface area contributed by atoms with Gasteiger partial charge in [0, 0.05) is 25.9 Å². The first-order chi connectivity index (χ1) is 21.9. The van der Waals surface area contributed by atoms with Crippen LogP contribution in [0.4, 0.5) is 4.79 Å². The summed E-state index contributed by atoms with van der Waals surface area (Å²) in [6, 6.07) is 8.56. The lowest BCUT2D eigenvalue weighted by molar-refractivity contribution is -0.137. The maximum Gasteiger partial charge on any atom is 0.408 e. The molecule has 256 valence electrons. The third-order valence-corrected chi connectivity index (χ3v) is 7.94. The molecule has 0 saturated carbocycles. The molecule has 0 saturated heterocycles. The summed E-state index contributed by atoms with van der Waals surface area (Å²) in [5, 5.41) is 17.3. The highest BCUT2D eigenvalue weighted by Gasteiger charge is 2.21. The number of hydrogen-bond acceptors (Lipinski definition) is 5. The molecule has 9 heteroatoms. The third kappa shape index (κ3) is 24.9. The van der Waals surface area contributed by atoms with Gasteiger partial charge >= 0.3 is 12.1 Å². The zero-order chi connectivity index (χ0) is 32.8. The van der Waals surface area contributed by atoms with Crippen LogP contribution in [0, 0.1) is 0 Å². The largest absolute Gasteiger partial charge is 0.481 e. The molecule has 1 rings (SSSR count). The molecule has 0 aliphatic heterocycles. The van der Waals surface area contributed by atoms with Crippen molar-refractivity contribution in [2.75, 3.05) is 13.1 Å². The molecule has 9 nitrogen and oxygen atoms in total. The molecule has 4 N–H and O–H groups in total. The number of carboxylic acid groups (broad SMARTS) is 1. The van der Waals surface area contributed by atoms with E-state index in [4.69, 9.17) is 9.84 Å². The molecule has 1 atom stereocenters. The molecule has 0 bridgehead atoms. The Labute approximate surface area is 272 Å². The molecule has 0 spiro atoms. The lowest BCUT2D eigenvalue weighted by atomic mass is 10.0.